The number of anilines is 2. The molecule has 2 rings (SSSR count). The third kappa shape index (κ3) is 3.70. The molecule has 0 aromatic heterocycles. The number of nitrogen functional groups attached to an aromatic ring is 1. The van der Waals surface area contributed by atoms with Crippen LogP contribution in [0.5, 0.6) is 0 Å². The van der Waals surface area contributed by atoms with Crippen LogP contribution >= 0.6 is 0 Å². The van der Waals surface area contributed by atoms with Gasteiger partial charge in [-0.2, -0.15) is 0 Å². The first-order chi connectivity index (χ1) is 9.06. The van der Waals surface area contributed by atoms with Crippen LogP contribution in [0.1, 0.15) is 26.7 Å². The number of rotatable bonds is 4. The second-order valence-corrected chi connectivity index (χ2v) is 5.59. The van der Waals surface area contributed by atoms with Crippen molar-refractivity contribution in [1.82, 2.24) is 4.90 Å². The largest absolute Gasteiger partial charge is 0.399 e. The molecule has 0 aliphatic carbocycles. The van der Waals surface area contributed by atoms with Crippen LogP contribution in [-0.2, 0) is 4.79 Å². The maximum absolute atomic E-state index is 12.0. The van der Waals surface area contributed by atoms with E-state index in [-0.39, 0.29) is 5.91 Å². The predicted octanol–water partition coefficient (Wildman–Crippen LogP) is 2.33. The first-order valence-electron chi connectivity index (χ1n) is 6.95. The molecule has 1 saturated heterocycles. The molecule has 0 radical (unpaired) electrons. The van der Waals surface area contributed by atoms with Gasteiger partial charge in [-0.3, -0.25) is 9.69 Å². The average molecular weight is 261 g/mol. The zero-order valence-corrected chi connectivity index (χ0v) is 11.7. The number of nitrogens with two attached hydrogens (primary N) is 1. The van der Waals surface area contributed by atoms with Crippen LogP contribution in [-0.4, -0.2) is 29.9 Å². The lowest BCUT2D eigenvalue weighted by Gasteiger charge is -2.26. The van der Waals surface area contributed by atoms with Crippen molar-refractivity contribution in [2.45, 2.75) is 32.7 Å². The second kappa shape index (κ2) is 6.06. The highest BCUT2D eigenvalue weighted by molar-refractivity contribution is 5.92. The second-order valence-electron chi connectivity index (χ2n) is 5.59. The number of hydrogen-bond acceptors (Lipinski definition) is 3. The minimum Gasteiger partial charge on any atom is -0.399 e. The van der Waals surface area contributed by atoms with Gasteiger partial charge in [0, 0.05) is 17.4 Å². The van der Waals surface area contributed by atoms with Crippen LogP contribution in [0.25, 0.3) is 0 Å². The van der Waals surface area contributed by atoms with E-state index in [4.69, 9.17) is 5.73 Å². The Kier molecular flexibility index (Phi) is 4.43. The normalized spacial score (nSPS) is 19.8. The van der Waals surface area contributed by atoms with E-state index < -0.39 is 0 Å². The van der Waals surface area contributed by atoms with E-state index >= 15 is 0 Å². The van der Waals surface area contributed by atoms with Gasteiger partial charge in [-0.15, -0.1) is 0 Å². The van der Waals surface area contributed by atoms with E-state index in [1.165, 1.54) is 12.8 Å². The van der Waals surface area contributed by atoms with Crippen LogP contribution < -0.4 is 11.1 Å². The van der Waals surface area contributed by atoms with Crippen LogP contribution in [0.3, 0.4) is 0 Å². The predicted molar refractivity (Wildman–Crippen MR) is 78.9 cm³/mol. The topological polar surface area (TPSA) is 58.4 Å². The molecular formula is C15H23N3O. The summed E-state index contributed by atoms with van der Waals surface area (Å²) >= 11 is 0. The summed E-state index contributed by atoms with van der Waals surface area (Å²) in [5.41, 5.74) is 7.13. The number of likely N-dealkylation sites (tertiary alicyclic amines) is 1. The molecule has 0 bridgehead atoms. The summed E-state index contributed by atoms with van der Waals surface area (Å²) in [5.74, 6) is 0.657. The quantitative estimate of drug-likeness (QED) is 0.818. The number of carbonyl (C=O) groups is 1. The Morgan fingerprint density at radius 1 is 1.42 bits per heavy atom. The smallest absolute Gasteiger partial charge is 0.238 e. The van der Waals surface area contributed by atoms with Gasteiger partial charge in [0.2, 0.25) is 5.91 Å². The van der Waals surface area contributed by atoms with Gasteiger partial charge in [0.25, 0.3) is 0 Å². The van der Waals surface area contributed by atoms with E-state index in [1.54, 1.807) is 12.1 Å². The summed E-state index contributed by atoms with van der Waals surface area (Å²) in [6.07, 6.45) is 2.39. The van der Waals surface area contributed by atoms with Crippen molar-refractivity contribution in [2.24, 2.45) is 5.92 Å². The Labute approximate surface area is 115 Å². The number of carbonyl (C=O) groups excluding carboxylic acids is 1. The molecule has 0 saturated carbocycles. The average Bonchev–Trinajstić information content (AvgIpc) is 2.80. The fraction of sp³-hybridized carbons (Fsp3) is 0.533. The minimum atomic E-state index is 0.0531. The standard InChI is InChI=1S/C15H23N3O/c1-11(2)14-4-3-9-18(14)10-15(19)17-13-7-5-12(16)6-8-13/h5-8,11,14H,3-4,9-10,16H2,1-2H3,(H,17,19). The molecule has 1 fully saturated rings. The highest BCUT2D eigenvalue weighted by Crippen LogP contribution is 2.23. The zero-order chi connectivity index (χ0) is 13.8. The molecule has 1 aromatic carbocycles. The van der Waals surface area contributed by atoms with Gasteiger partial charge < -0.3 is 11.1 Å². The van der Waals surface area contributed by atoms with Crippen molar-refractivity contribution in [3.63, 3.8) is 0 Å². The van der Waals surface area contributed by atoms with Gasteiger partial charge in [0.15, 0.2) is 0 Å². The number of nitrogens with zero attached hydrogens (tertiary/aromatic N) is 1. The highest BCUT2D eigenvalue weighted by atomic mass is 16.2. The first kappa shape index (κ1) is 13.9. The molecule has 1 amide bonds. The Morgan fingerprint density at radius 2 is 2.11 bits per heavy atom. The van der Waals surface area contributed by atoms with Crippen molar-refractivity contribution >= 4 is 17.3 Å². The lowest BCUT2D eigenvalue weighted by atomic mass is 10.0. The summed E-state index contributed by atoms with van der Waals surface area (Å²) in [7, 11) is 0. The maximum Gasteiger partial charge on any atom is 0.238 e. The molecule has 4 heteroatoms. The molecule has 1 atom stereocenters. The first-order valence-corrected chi connectivity index (χ1v) is 6.95. The minimum absolute atomic E-state index is 0.0531. The lowest BCUT2D eigenvalue weighted by molar-refractivity contribution is -0.117. The van der Waals surface area contributed by atoms with Crippen molar-refractivity contribution < 1.29 is 4.79 Å². The van der Waals surface area contributed by atoms with Gasteiger partial charge in [-0.1, -0.05) is 13.8 Å². The Morgan fingerprint density at radius 3 is 2.74 bits per heavy atom. The number of amides is 1. The Bertz CT molecular complexity index is 428. The zero-order valence-electron chi connectivity index (χ0n) is 11.7. The summed E-state index contributed by atoms with van der Waals surface area (Å²) in [6.45, 7) is 5.95. The molecular weight excluding hydrogens is 238 g/mol. The summed E-state index contributed by atoms with van der Waals surface area (Å²) in [6, 6.07) is 7.79. The maximum atomic E-state index is 12.0. The van der Waals surface area contributed by atoms with Crippen LogP contribution in [0.4, 0.5) is 11.4 Å². The molecule has 0 spiro atoms. The monoisotopic (exact) mass is 261 g/mol. The SMILES string of the molecule is CC(C)C1CCCN1CC(=O)Nc1ccc(N)cc1. The van der Waals surface area contributed by atoms with Crippen molar-refractivity contribution in [3.8, 4) is 0 Å². The molecule has 4 nitrogen and oxygen atoms in total. The summed E-state index contributed by atoms with van der Waals surface area (Å²) in [5, 5.41) is 2.92. The molecule has 1 heterocycles. The number of hydrogen-bond donors (Lipinski definition) is 2. The van der Waals surface area contributed by atoms with E-state index in [0.29, 0.717) is 24.2 Å². The Hall–Kier alpha value is -1.55. The third-order valence-electron chi connectivity index (χ3n) is 3.72. The molecule has 1 unspecified atom stereocenters. The van der Waals surface area contributed by atoms with Crippen LogP contribution in [0, 0.1) is 5.92 Å². The van der Waals surface area contributed by atoms with Gasteiger partial charge in [0.05, 0.1) is 6.54 Å². The molecule has 1 aliphatic rings. The highest BCUT2D eigenvalue weighted by Gasteiger charge is 2.28. The fourth-order valence-corrected chi connectivity index (χ4v) is 2.75. The lowest BCUT2D eigenvalue weighted by Crippen LogP contribution is -2.39. The summed E-state index contributed by atoms with van der Waals surface area (Å²) < 4.78 is 0. The van der Waals surface area contributed by atoms with Gasteiger partial charge in [-0.05, 0) is 49.6 Å². The van der Waals surface area contributed by atoms with Crippen molar-refractivity contribution in [1.29, 1.82) is 0 Å². The van der Waals surface area contributed by atoms with E-state index in [0.717, 1.165) is 12.2 Å². The molecule has 104 valence electrons. The van der Waals surface area contributed by atoms with Crippen molar-refractivity contribution in [2.75, 3.05) is 24.1 Å². The van der Waals surface area contributed by atoms with E-state index in [9.17, 15) is 4.79 Å². The van der Waals surface area contributed by atoms with Gasteiger partial charge in [-0.25, -0.2) is 0 Å². The van der Waals surface area contributed by atoms with Crippen LogP contribution in [0.15, 0.2) is 24.3 Å². The van der Waals surface area contributed by atoms with E-state index in [2.05, 4.69) is 24.1 Å². The molecule has 19 heavy (non-hydrogen) atoms. The van der Waals surface area contributed by atoms with Gasteiger partial charge in [0.1, 0.15) is 0 Å². The van der Waals surface area contributed by atoms with E-state index in [1.807, 2.05) is 12.1 Å². The van der Waals surface area contributed by atoms with Crippen molar-refractivity contribution in [3.05, 3.63) is 24.3 Å². The molecule has 1 aromatic rings. The Balaban J connectivity index is 1.89. The van der Waals surface area contributed by atoms with Crippen LogP contribution in [0.2, 0.25) is 0 Å². The van der Waals surface area contributed by atoms with Gasteiger partial charge >= 0.3 is 0 Å². The summed E-state index contributed by atoms with van der Waals surface area (Å²) in [4.78, 5) is 14.3. The molecule has 1 aliphatic heterocycles. The molecule has 3 N–H and O–H groups in total. The number of benzene rings is 1. The number of nitrogens with one attached hydrogen (secondary N) is 1. The third-order valence-corrected chi connectivity index (χ3v) is 3.72. The fourth-order valence-electron chi connectivity index (χ4n) is 2.75.